The quantitative estimate of drug-likeness (QED) is 0.566. The summed E-state index contributed by atoms with van der Waals surface area (Å²) < 4.78 is 71.8. The average Bonchev–Trinajstić information content (AvgIpc) is 2.72. The van der Waals surface area contributed by atoms with Crippen LogP contribution in [0.2, 0.25) is 5.02 Å². The third-order valence-corrected chi connectivity index (χ3v) is 5.47. The molecule has 0 saturated carbocycles. The number of halogens is 6. The third-order valence-electron chi connectivity index (χ3n) is 5.18. The Balaban J connectivity index is 1.79. The van der Waals surface area contributed by atoms with Gasteiger partial charge in [-0.25, -0.2) is 13.8 Å². The lowest BCUT2D eigenvalue weighted by atomic mass is 9.95. The van der Waals surface area contributed by atoms with E-state index < -0.39 is 46.0 Å². The summed E-state index contributed by atoms with van der Waals surface area (Å²) in [6.07, 6.45) is -4.04. The molecule has 1 aliphatic rings. The fourth-order valence-corrected chi connectivity index (χ4v) is 3.93. The van der Waals surface area contributed by atoms with Gasteiger partial charge in [0, 0.05) is 24.5 Å². The lowest BCUT2D eigenvalue weighted by Crippen LogP contribution is -2.37. The number of rotatable bonds is 2. The molecule has 3 heterocycles. The van der Waals surface area contributed by atoms with Crippen LogP contribution in [0.25, 0.3) is 10.8 Å². The maximum atomic E-state index is 14.0. The SMILES string of the molecule is CN(C(=O)c1cnc(C(F)(F)F)c(Cl)c1)[C@H]1COCc2[nH]c(=O)c3cc(F)c(F)cc3c21. The maximum Gasteiger partial charge on any atom is 0.434 e. The number of fused-ring (bicyclic) bond motifs is 3. The highest BCUT2D eigenvalue weighted by atomic mass is 35.5. The smallest absolute Gasteiger partial charge is 0.373 e. The molecular weight excluding hydrogens is 461 g/mol. The van der Waals surface area contributed by atoms with Crippen molar-refractivity contribution < 1.29 is 31.5 Å². The molecule has 0 aliphatic carbocycles. The van der Waals surface area contributed by atoms with Crippen LogP contribution in [0.15, 0.2) is 29.2 Å². The molecule has 1 N–H and O–H groups in total. The number of likely N-dealkylation sites (N-methyl/N-ethyl adjacent to an activating group) is 1. The van der Waals surface area contributed by atoms with Crippen LogP contribution in [-0.2, 0) is 17.5 Å². The Morgan fingerprint density at radius 1 is 1.22 bits per heavy atom. The van der Waals surface area contributed by atoms with Crippen molar-refractivity contribution in [3.8, 4) is 0 Å². The summed E-state index contributed by atoms with van der Waals surface area (Å²) >= 11 is 5.66. The number of nitrogens with zero attached hydrogens (tertiary/aromatic N) is 2. The van der Waals surface area contributed by atoms with Crippen LogP contribution in [0, 0.1) is 11.6 Å². The van der Waals surface area contributed by atoms with Crippen LogP contribution < -0.4 is 5.56 Å². The molecule has 168 valence electrons. The fraction of sp³-hybridized carbons (Fsp3) is 0.250. The maximum absolute atomic E-state index is 14.0. The lowest BCUT2D eigenvalue weighted by Gasteiger charge is -2.34. The van der Waals surface area contributed by atoms with Crippen LogP contribution in [-0.4, -0.2) is 34.4 Å². The number of carbonyl (C=O) groups is 1. The Morgan fingerprint density at radius 3 is 2.50 bits per heavy atom. The van der Waals surface area contributed by atoms with Gasteiger partial charge in [0.05, 0.1) is 35.2 Å². The van der Waals surface area contributed by atoms with E-state index in [1.54, 1.807) is 0 Å². The van der Waals surface area contributed by atoms with E-state index in [4.69, 9.17) is 16.3 Å². The molecule has 3 aromatic rings. The largest absolute Gasteiger partial charge is 0.434 e. The summed E-state index contributed by atoms with van der Waals surface area (Å²) in [7, 11) is 1.36. The minimum absolute atomic E-state index is 0.0360. The van der Waals surface area contributed by atoms with Crippen molar-refractivity contribution in [3.63, 3.8) is 0 Å². The van der Waals surface area contributed by atoms with E-state index in [2.05, 4.69) is 9.97 Å². The molecule has 4 rings (SSSR count). The van der Waals surface area contributed by atoms with Gasteiger partial charge in [0.15, 0.2) is 17.3 Å². The minimum Gasteiger partial charge on any atom is -0.373 e. The number of alkyl halides is 3. The summed E-state index contributed by atoms with van der Waals surface area (Å²) in [5.41, 5.74) is -1.59. The molecule has 0 unspecified atom stereocenters. The zero-order chi connectivity index (χ0) is 23.4. The molecule has 1 amide bonds. The Labute approximate surface area is 181 Å². The van der Waals surface area contributed by atoms with E-state index in [0.29, 0.717) is 5.56 Å². The van der Waals surface area contributed by atoms with Crippen LogP contribution in [0.5, 0.6) is 0 Å². The number of amides is 1. The Hall–Kier alpha value is -3.05. The Kier molecular flexibility index (Phi) is 5.41. The van der Waals surface area contributed by atoms with Crippen molar-refractivity contribution in [1.82, 2.24) is 14.9 Å². The van der Waals surface area contributed by atoms with Gasteiger partial charge in [-0.2, -0.15) is 13.2 Å². The molecule has 0 saturated heterocycles. The van der Waals surface area contributed by atoms with Gasteiger partial charge in [-0.1, -0.05) is 11.6 Å². The predicted octanol–water partition coefficient (Wildman–Crippen LogP) is 4.22. The van der Waals surface area contributed by atoms with E-state index in [0.717, 1.165) is 29.3 Å². The predicted molar refractivity (Wildman–Crippen MR) is 103 cm³/mol. The number of ether oxygens (including phenoxy) is 1. The van der Waals surface area contributed by atoms with Crippen molar-refractivity contribution in [2.24, 2.45) is 0 Å². The summed E-state index contributed by atoms with van der Waals surface area (Å²) in [5, 5.41) is -0.766. The lowest BCUT2D eigenvalue weighted by molar-refractivity contribution is -0.141. The molecule has 1 aromatic carbocycles. The van der Waals surface area contributed by atoms with Crippen molar-refractivity contribution in [2.75, 3.05) is 13.7 Å². The van der Waals surface area contributed by atoms with Crippen LogP contribution in [0.4, 0.5) is 22.0 Å². The molecule has 12 heteroatoms. The Morgan fingerprint density at radius 2 is 1.88 bits per heavy atom. The van der Waals surface area contributed by atoms with Crippen LogP contribution in [0.1, 0.15) is 33.4 Å². The number of aromatic nitrogens is 2. The molecule has 6 nitrogen and oxygen atoms in total. The van der Waals surface area contributed by atoms with Crippen molar-refractivity contribution >= 4 is 28.3 Å². The molecule has 1 aliphatic heterocycles. The van der Waals surface area contributed by atoms with Crippen LogP contribution in [0.3, 0.4) is 0 Å². The van der Waals surface area contributed by atoms with E-state index in [1.165, 1.54) is 7.05 Å². The molecule has 2 aromatic heterocycles. The van der Waals surface area contributed by atoms with Gasteiger partial charge in [0.1, 0.15) is 0 Å². The average molecular weight is 474 g/mol. The number of nitrogens with one attached hydrogen (secondary N) is 1. The van der Waals surface area contributed by atoms with Gasteiger partial charge in [-0.3, -0.25) is 9.59 Å². The normalized spacial score (nSPS) is 16.2. The highest BCUT2D eigenvalue weighted by Gasteiger charge is 2.36. The number of benzene rings is 1. The monoisotopic (exact) mass is 473 g/mol. The second-order valence-electron chi connectivity index (χ2n) is 7.16. The first-order chi connectivity index (χ1) is 15.0. The van der Waals surface area contributed by atoms with Gasteiger partial charge >= 0.3 is 6.18 Å². The highest BCUT2D eigenvalue weighted by Crippen LogP contribution is 2.36. The molecule has 0 bridgehead atoms. The molecule has 0 radical (unpaired) electrons. The van der Waals surface area contributed by atoms with Gasteiger partial charge in [-0.05, 0) is 23.6 Å². The van der Waals surface area contributed by atoms with E-state index in [1.807, 2.05) is 0 Å². The highest BCUT2D eigenvalue weighted by molar-refractivity contribution is 6.31. The third kappa shape index (κ3) is 3.71. The number of hydrogen-bond acceptors (Lipinski definition) is 4. The molecular formula is C20H13ClF5N3O3. The summed E-state index contributed by atoms with van der Waals surface area (Å²) in [6.45, 7) is -0.0944. The molecule has 1 atom stereocenters. The minimum atomic E-state index is -4.79. The topological polar surface area (TPSA) is 75.3 Å². The number of aromatic amines is 1. The fourth-order valence-electron chi connectivity index (χ4n) is 3.66. The number of carbonyl (C=O) groups excluding carboxylic acids is 1. The zero-order valence-electron chi connectivity index (χ0n) is 16.2. The first-order valence-corrected chi connectivity index (χ1v) is 9.48. The number of hydrogen-bond donors (Lipinski definition) is 1. The van der Waals surface area contributed by atoms with E-state index in [-0.39, 0.29) is 35.2 Å². The van der Waals surface area contributed by atoms with Crippen molar-refractivity contribution in [3.05, 3.63) is 73.9 Å². The van der Waals surface area contributed by atoms with Gasteiger partial charge in [-0.15, -0.1) is 0 Å². The van der Waals surface area contributed by atoms with Crippen molar-refractivity contribution in [2.45, 2.75) is 18.8 Å². The second kappa shape index (κ2) is 7.82. The molecule has 0 spiro atoms. The summed E-state index contributed by atoms with van der Waals surface area (Å²) in [6, 6.07) is 1.61. The van der Waals surface area contributed by atoms with Crippen LogP contribution >= 0.6 is 11.6 Å². The number of pyridine rings is 2. The van der Waals surface area contributed by atoms with Crippen molar-refractivity contribution in [1.29, 1.82) is 0 Å². The molecule has 0 fully saturated rings. The summed E-state index contributed by atoms with van der Waals surface area (Å²) in [5.74, 6) is -3.12. The zero-order valence-corrected chi connectivity index (χ0v) is 16.9. The van der Waals surface area contributed by atoms with Gasteiger partial charge in [0.25, 0.3) is 11.5 Å². The molecule has 32 heavy (non-hydrogen) atoms. The summed E-state index contributed by atoms with van der Waals surface area (Å²) in [4.78, 5) is 32.2. The first-order valence-electron chi connectivity index (χ1n) is 9.10. The second-order valence-corrected chi connectivity index (χ2v) is 7.56. The van der Waals surface area contributed by atoms with Gasteiger partial charge < -0.3 is 14.6 Å². The standard InChI is InChI=1S/C20H13ClF5N3O3/c1-29(19(31)8-2-11(21)17(27-5-8)20(24,25)26)15-7-32-6-14-16(15)9-3-12(22)13(23)4-10(9)18(30)28-14/h2-5,15H,6-7H2,1H3,(H,28,30)/t15-/m0/s1. The first kappa shape index (κ1) is 22.2. The van der Waals surface area contributed by atoms with E-state index in [9.17, 15) is 31.5 Å². The van der Waals surface area contributed by atoms with Gasteiger partial charge in [0.2, 0.25) is 0 Å². The number of H-pyrrole nitrogens is 1. The Bertz CT molecular complexity index is 1310. The van der Waals surface area contributed by atoms with E-state index >= 15 is 0 Å².